The van der Waals surface area contributed by atoms with E-state index in [0.29, 0.717) is 22.2 Å². The third-order valence-corrected chi connectivity index (χ3v) is 5.18. The van der Waals surface area contributed by atoms with Gasteiger partial charge in [-0.25, -0.2) is 9.89 Å². The van der Waals surface area contributed by atoms with Crippen LogP contribution in [-0.2, 0) is 13.7 Å². The molecule has 2 aromatic carbocycles. The molecule has 8 heteroatoms. The Hall–Kier alpha value is -3.06. The molecule has 0 unspecified atom stereocenters. The topological polar surface area (TPSA) is 80.2 Å². The number of H-pyrrole nitrogens is 1. The first-order valence-corrected chi connectivity index (χ1v) is 9.42. The molecule has 0 saturated heterocycles. The third kappa shape index (κ3) is 4.19. The number of aromatic nitrogens is 3. The minimum absolute atomic E-state index is 0.0848. The van der Waals surface area contributed by atoms with Crippen LogP contribution in [0.1, 0.15) is 27.3 Å². The molecular weight excluding hydrogens is 392 g/mol. The summed E-state index contributed by atoms with van der Waals surface area (Å²) >= 11 is 6.39. The fraction of sp³-hybridized carbons (Fsp3) is 0.286. The van der Waals surface area contributed by atoms with Crippen LogP contribution in [0.2, 0.25) is 5.02 Å². The summed E-state index contributed by atoms with van der Waals surface area (Å²) in [5.74, 6) is 0.986. The lowest BCUT2D eigenvalue weighted by molar-refractivity contribution is 0.0827. The van der Waals surface area contributed by atoms with Gasteiger partial charge in [-0.3, -0.25) is 9.36 Å². The summed E-state index contributed by atoms with van der Waals surface area (Å²) < 4.78 is 7.41. The number of aromatic amines is 1. The van der Waals surface area contributed by atoms with Crippen molar-refractivity contribution in [2.45, 2.75) is 20.5 Å². The van der Waals surface area contributed by atoms with Gasteiger partial charge in [0.05, 0.1) is 0 Å². The van der Waals surface area contributed by atoms with Crippen molar-refractivity contribution < 1.29 is 9.53 Å². The first kappa shape index (κ1) is 20.7. The highest BCUT2D eigenvalue weighted by atomic mass is 35.5. The average molecular weight is 415 g/mol. The summed E-state index contributed by atoms with van der Waals surface area (Å²) in [5.41, 5.74) is 3.74. The maximum absolute atomic E-state index is 12.4. The summed E-state index contributed by atoms with van der Waals surface area (Å²) in [4.78, 5) is 25.5. The van der Waals surface area contributed by atoms with E-state index in [2.05, 4.69) is 10.2 Å². The normalized spacial score (nSPS) is 10.8. The van der Waals surface area contributed by atoms with Gasteiger partial charge in [0.2, 0.25) is 0 Å². The van der Waals surface area contributed by atoms with Crippen molar-refractivity contribution in [3.63, 3.8) is 0 Å². The Balaban J connectivity index is 2.06. The Morgan fingerprint density at radius 3 is 2.52 bits per heavy atom. The first-order chi connectivity index (χ1) is 13.7. The SMILES string of the molecule is Cc1cc(OCc2n[nH]c(=O)n2C)c(-c2cc(C(=O)N(C)C)ccc2C)cc1Cl. The molecule has 0 aliphatic rings. The number of carbonyl (C=O) groups excluding carboxylic acids is 1. The highest BCUT2D eigenvalue weighted by Gasteiger charge is 2.16. The molecule has 152 valence electrons. The summed E-state index contributed by atoms with van der Waals surface area (Å²) in [5, 5.41) is 6.97. The highest BCUT2D eigenvalue weighted by molar-refractivity contribution is 6.31. The number of hydrogen-bond donors (Lipinski definition) is 1. The van der Waals surface area contributed by atoms with Crippen molar-refractivity contribution in [3.8, 4) is 16.9 Å². The molecule has 29 heavy (non-hydrogen) atoms. The van der Waals surface area contributed by atoms with Crippen LogP contribution in [0.25, 0.3) is 11.1 Å². The monoisotopic (exact) mass is 414 g/mol. The van der Waals surface area contributed by atoms with Crippen LogP contribution in [0, 0.1) is 13.8 Å². The van der Waals surface area contributed by atoms with Crippen molar-refractivity contribution in [1.82, 2.24) is 19.7 Å². The predicted molar refractivity (Wildman–Crippen MR) is 113 cm³/mol. The van der Waals surface area contributed by atoms with Gasteiger partial charge in [0.1, 0.15) is 12.4 Å². The molecule has 0 radical (unpaired) electrons. The van der Waals surface area contributed by atoms with Gasteiger partial charge in [-0.15, -0.1) is 0 Å². The van der Waals surface area contributed by atoms with Crippen molar-refractivity contribution in [2.75, 3.05) is 14.1 Å². The lowest BCUT2D eigenvalue weighted by Crippen LogP contribution is -2.21. The lowest BCUT2D eigenvalue weighted by Gasteiger charge is -2.17. The number of hydrogen-bond acceptors (Lipinski definition) is 4. The summed E-state index contributed by atoms with van der Waals surface area (Å²) in [6, 6.07) is 9.23. The minimum atomic E-state index is -0.304. The number of benzene rings is 2. The van der Waals surface area contributed by atoms with E-state index in [9.17, 15) is 9.59 Å². The van der Waals surface area contributed by atoms with Crippen LogP contribution in [0.15, 0.2) is 35.1 Å². The molecule has 0 aliphatic heterocycles. The van der Waals surface area contributed by atoms with Gasteiger partial charge in [-0.2, -0.15) is 5.10 Å². The fourth-order valence-corrected chi connectivity index (χ4v) is 3.10. The lowest BCUT2D eigenvalue weighted by atomic mass is 9.96. The number of rotatable bonds is 5. The Kier molecular flexibility index (Phi) is 5.79. The van der Waals surface area contributed by atoms with Gasteiger partial charge in [0, 0.05) is 37.3 Å². The standard InChI is InChI=1S/C21H23ClN4O3/c1-12-6-7-14(20(27)25(3)4)9-15(12)16-10-17(22)13(2)8-18(16)29-11-19-23-24-21(28)26(19)5/h6-10H,11H2,1-5H3,(H,24,28). The van der Waals surface area contributed by atoms with Crippen molar-refractivity contribution in [1.29, 1.82) is 0 Å². The predicted octanol–water partition coefficient (Wildman–Crippen LogP) is 3.33. The van der Waals surface area contributed by atoms with Crippen LogP contribution < -0.4 is 10.4 Å². The Labute approximate surface area is 173 Å². The second kappa shape index (κ2) is 8.13. The summed E-state index contributed by atoms with van der Waals surface area (Å²) in [6.45, 7) is 3.97. The zero-order chi connectivity index (χ0) is 21.3. The third-order valence-electron chi connectivity index (χ3n) is 4.77. The number of nitrogens with one attached hydrogen (secondary N) is 1. The molecule has 1 heterocycles. The second-order valence-electron chi connectivity index (χ2n) is 7.12. The molecule has 3 aromatic rings. The van der Waals surface area contributed by atoms with E-state index in [0.717, 1.165) is 22.3 Å². The molecule has 0 spiro atoms. The molecule has 0 fully saturated rings. The highest BCUT2D eigenvalue weighted by Crippen LogP contribution is 2.37. The Bertz CT molecular complexity index is 1130. The van der Waals surface area contributed by atoms with Crippen LogP contribution in [0.5, 0.6) is 5.75 Å². The zero-order valence-electron chi connectivity index (χ0n) is 17.0. The first-order valence-electron chi connectivity index (χ1n) is 9.05. The number of aryl methyl sites for hydroxylation is 2. The van der Waals surface area contributed by atoms with E-state index in [4.69, 9.17) is 16.3 Å². The van der Waals surface area contributed by atoms with Gasteiger partial charge < -0.3 is 9.64 Å². The van der Waals surface area contributed by atoms with Crippen molar-refractivity contribution >= 4 is 17.5 Å². The van der Waals surface area contributed by atoms with Crippen LogP contribution in [0.3, 0.4) is 0 Å². The van der Waals surface area contributed by atoms with Gasteiger partial charge in [0.25, 0.3) is 5.91 Å². The number of nitrogens with zero attached hydrogens (tertiary/aromatic N) is 3. The summed E-state index contributed by atoms with van der Waals surface area (Å²) in [7, 11) is 5.06. The van der Waals surface area contributed by atoms with Crippen LogP contribution in [0.4, 0.5) is 0 Å². The molecular formula is C21H23ClN4O3. The molecule has 1 N–H and O–H groups in total. The van der Waals surface area contributed by atoms with Crippen LogP contribution >= 0.6 is 11.6 Å². The van der Waals surface area contributed by atoms with Gasteiger partial charge in [0.15, 0.2) is 5.82 Å². The smallest absolute Gasteiger partial charge is 0.343 e. The minimum Gasteiger partial charge on any atom is -0.485 e. The maximum atomic E-state index is 12.4. The van der Waals surface area contributed by atoms with E-state index in [1.807, 2.05) is 38.1 Å². The van der Waals surface area contributed by atoms with E-state index < -0.39 is 0 Å². The quantitative estimate of drug-likeness (QED) is 0.694. The molecule has 3 rings (SSSR count). The average Bonchev–Trinajstić information content (AvgIpc) is 3.00. The van der Waals surface area contributed by atoms with E-state index >= 15 is 0 Å². The molecule has 0 saturated carbocycles. The van der Waals surface area contributed by atoms with E-state index in [1.165, 1.54) is 9.47 Å². The maximum Gasteiger partial charge on any atom is 0.343 e. The van der Waals surface area contributed by atoms with Gasteiger partial charge in [-0.05, 0) is 54.8 Å². The zero-order valence-corrected chi connectivity index (χ0v) is 17.8. The van der Waals surface area contributed by atoms with Crippen molar-refractivity contribution in [3.05, 3.63) is 68.4 Å². The van der Waals surface area contributed by atoms with Crippen molar-refractivity contribution in [2.24, 2.45) is 7.05 Å². The second-order valence-corrected chi connectivity index (χ2v) is 7.53. The molecule has 0 aliphatic carbocycles. The molecule has 0 bridgehead atoms. The van der Waals surface area contributed by atoms with E-state index in [-0.39, 0.29) is 18.2 Å². The fourth-order valence-electron chi connectivity index (χ4n) is 2.94. The molecule has 0 atom stereocenters. The number of halogens is 1. The summed E-state index contributed by atoms with van der Waals surface area (Å²) in [6.07, 6.45) is 0. The van der Waals surface area contributed by atoms with Gasteiger partial charge >= 0.3 is 5.69 Å². The Morgan fingerprint density at radius 2 is 1.90 bits per heavy atom. The van der Waals surface area contributed by atoms with Gasteiger partial charge in [-0.1, -0.05) is 17.7 Å². The van der Waals surface area contributed by atoms with Crippen LogP contribution in [-0.4, -0.2) is 39.7 Å². The Morgan fingerprint density at radius 1 is 1.17 bits per heavy atom. The number of amides is 1. The molecule has 7 nitrogen and oxygen atoms in total. The van der Waals surface area contributed by atoms with E-state index in [1.54, 1.807) is 27.2 Å². The molecule has 1 aromatic heterocycles. The number of carbonyl (C=O) groups is 1. The largest absolute Gasteiger partial charge is 0.485 e. The molecule has 1 amide bonds. The number of ether oxygens (including phenoxy) is 1.